The standard InChI is InChI=1S/C21H25ClN2O/c22-19-8-6-18(7-9-19)16-23-14-12-20-10-11-21(25)24(20)15-13-17-4-2-1-3-5-17/h1-9,20,23H,10-16H2. The van der Waals surface area contributed by atoms with E-state index in [1.54, 1.807) is 0 Å². The molecule has 132 valence electrons. The fraction of sp³-hybridized carbons (Fsp3) is 0.381. The minimum absolute atomic E-state index is 0.304. The Bertz CT molecular complexity index is 672. The fourth-order valence-electron chi connectivity index (χ4n) is 3.40. The van der Waals surface area contributed by atoms with E-state index in [1.807, 2.05) is 30.3 Å². The van der Waals surface area contributed by atoms with E-state index in [-0.39, 0.29) is 0 Å². The highest BCUT2D eigenvalue weighted by Gasteiger charge is 2.29. The van der Waals surface area contributed by atoms with Gasteiger partial charge in [-0.3, -0.25) is 4.79 Å². The van der Waals surface area contributed by atoms with Gasteiger partial charge in [-0.1, -0.05) is 54.1 Å². The molecular weight excluding hydrogens is 332 g/mol. The van der Waals surface area contributed by atoms with Crippen molar-refractivity contribution in [2.24, 2.45) is 0 Å². The van der Waals surface area contributed by atoms with Crippen molar-refractivity contribution in [2.75, 3.05) is 13.1 Å². The van der Waals surface area contributed by atoms with Crippen molar-refractivity contribution < 1.29 is 4.79 Å². The molecule has 3 nitrogen and oxygen atoms in total. The van der Waals surface area contributed by atoms with Crippen molar-refractivity contribution in [3.63, 3.8) is 0 Å². The van der Waals surface area contributed by atoms with Gasteiger partial charge in [0.25, 0.3) is 0 Å². The third kappa shape index (κ3) is 5.32. The maximum absolute atomic E-state index is 12.2. The number of halogens is 1. The van der Waals surface area contributed by atoms with Crippen LogP contribution in [0.3, 0.4) is 0 Å². The number of likely N-dealkylation sites (tertiary alicyclic amines) is 1. The number of hydrogen-bond donors (Lipinski definition) is 1. The van der Waals surface area contributed by atoms with E-state index >= 15 is 0 Å². The predicted octanol–water partition coefficient (Wildman–Crippen LogP) is 4.05. The van der Waals surface area contributed by atoms with Crippen molar-refractivity contribution in [3.05, 3.63) is 70.7 Å². The molecule has 1 heterocycles. The molecule has 1 saturated heterocycles. The number of amides is 1. The van der Waals surface area contributed by atoms with Crippen LogP contribution in [-0.2, 0) is 17.8 Å². The summed E-state index contributed by atoms with van der Waals surface area (Å²) in [5.41, 5.74) is 2.52. The Morgan fingerprint density at radius 3 is 2.56 bits per heavy atom. The van der Waals surface area contributed by atoms with Crippen molar-refractivity contribution in [3.8, 4) is 0 Å². The van der Waals surface area contributed by atoms with Crippen molar-refractivity contribution in [1.82, 2.24) is 10.2 Å². The van der Waals surface area contributed by atoms with E-state index in [4.69, 9.17) is 11.6 Å². The van der Waals surface area contributed by atoms with Gasteiger partial charge < -0.3 is 10.2 Å². The lowest BCUT2D eigenvalue weighted by Crippen LogP contribution is -2.36. The minimum Gasteiger partial charge on any atom is -0.339 e. The van der Waals surface area contributed by atoms with Gasteiger partial charge in [-0.2, -0.15) is 0 Å². The van der Waals surface area contributed by atoms with Gasteiger partial charge in [0.15, 0.2) is 0 Å². The van der Waals surface area contributed by atoms with Gasteiger partial charge in [0, 0.05) is 30.6 Å². The van der Waals surface area contributed by atoms with Crippen LogP contribution in [0.15, 0.2) is 54.6 Å². The van der Waals surface area contributed by atoms with Gasteiger partial charge in [-0.15, -0.1) is 0 Å². The van der Waals surface area contributed by atoms with Crippen LogP contribution >= 0.6 is 11.6 Å². The smallest absolute Gasteiger partial charge is 0.222 e. The summed E-state index contributed by atoms with van der Waals surface area (Å²) >= 11 is 5.90. The number of rotatable bonds is 8. The number of benzene rings is 2. The van der Waals surface area contributed by atoms with Crippen molar-refractivity contribution in [1.29, 1.82) is 0 Å². The van der Waals surface area contributed by atoms with Crippen LogP contribution in [0.4, 0.5) is 0 Å². The van der Waals surface area contributed by atoms with Gasteiger partial charge in [-0.05, 0) is 49.1 Å². The molecule has 1 atom stereocenters. The van der Waals surface area contributed by atoms with Crippen LogP contribution in [-0.4, -0.2) is 29.9 Å². The van der Waals surface area contributed by atoms with Crippen LogP contribution < -0.4 is 5.32 Å². The largest absolute Gasteiger partial charge is 0.339 e. The summed E-state index contributed by atoms with van der Waals surface area (Å²) in [7, 11) is 0. The average molecular weight is 357 g/mol. The molecule has 2 aromatic carbocycles. The third-order valence-corrected chi connectivity index (χ3v) is 5.09. The number of nitrogens with one attached hydrogen (secondary N) is 1. The van der Waals surface area contributed by atoms with Gasteiger partial charge in [0.2, 0.25) is 5.91 Å². The molecule has 0 saturated carbocycles. The molecular formula is C21H25ClN2O. The molecule has 0 bridgehead atoms. The maximum Gasteiger partial charge on any atom is 0.222 e. The second-order valence-electron chi connectivity index (χ2n) is 6.61. The highest BCUT2D eigenvalue weighted by molar-refractivity contribution is 6.30. The summed E-state index contributed by atoms with van der Waals surface area (Å²) < 4.78 is 0. The summed E-state index contributed by atoms with van der Waals surface area (Å²) in [6.45, 7) is 2.58. The predicted molar refractivity (Wildman–Crippen MR) is 103 cm³/mol. The molecule has 3 rings (SSSR count). The first kappa shape index (κ1) is 18.0. The Morgan fingerprint density at radius 2 is 1.80 bits per heavy atom. The lowest BCUT2D eigenvalue weighted by Gasteiger charge is -2.25. The van der Waals surface area contributed by atoms with E-state index in [1.165, 1.54) is 11.1 Å². The van der Waals surface area contributed by atoms with Gasteiger partial charge >= 0.3 is 0 Å². The number of hydrogen-bond acceptors (Lipinski definition) is 2. The lowest BCUT2D eigenvalue weighted by molar-refractivity contribution is -0.129. The summed E-state index contributed by atoms with van der Waals surface area (Å²) in [6.07, 6.45) is 3.61. The Morgan fingerprint density at radius 1 is 1.04 bits per heavy atom. The quantitative estimate of drug-likeness (QED) is 0.723. The number of carbonyl (C=O) groups is 1. The Labute approximate surface area is 155 Å². The lowest BCUT2D eigenvalue weighted by atomic mass is 10.1. The van der Waals surface area contributed by atoms with E-state index in [9.17, 15) is 4.79 Å². The summed E-state index contributed by atoms with van der Waals surface area (Å²) in [4.78, 5) is 14.3. The summed E-state index contributed by atoms with van der Waals surface area (Å²) in [5, 5.41) is 4.24. The normalized spacial score (nSPS) is 17.2. The van der Waals surface area contributed by atoms with Gasteiger partial charge in [0.1, 0.15) is 0 Å². The SMILES string of the molecule is O=C1CCC(CCNCc2ccc(Cl)cc2)N1CCc1ccccc1. The van der Waals surface area contributed by atoms with Crippen LogP contribution in [0.5, 0.6) is 0 Å². The molecule has 1 aliphatic heterocycles. The Kier molecular flexibility index (Phi) is 6.48. The molecule has 4 heteroatoms. The zero-order valence-corrected chi connectivity index (χ0v) is 15.2. The first-order valence-electron chi connectivity index (χ1n) is 9.01. The van der Waals surface area contributed by atoms with Gasteiger partial charge in [0.05, 0.1) is 0 Å². The highest BCUT2D eigenvalue weighted by Crippen LogP contribution is 2.21. The molecule has 25 heavy (non-hydrogen) atoms. The van der Waals surface area contributed by atoms with Crippen molar-refractivity contribution >= 4 is 17.5 Å². The number of nitrogens with zero attached hydrogens (tertiary/aromatic N) is 1. The molecule has 1 amide bonds. The zero-order chi connectivity index (χ0) is 17.5. The molecule has 0 radical (unpaired) electrons. The zero-order valence-electron chi connectivity index (χ0n) is 14.5. The van der Waals surface area contributed by atoms with Crippen LogP contribution in [0.25, 0.3) is 0 Å². The number of carbonyl (C=O) groups excluding carboxylic acids is 1. The Hall–Kier alpha value is -1.84. The Balaban J connectivity index is 1.42. The van der Waals surface area contributed by atoms with Crippen LogP contribution in [0, 0.1) is 0 Å². The topological polar surface area (TPSA) is 32.3 Å². The second-order valence-corrected chi connectivity index (χ2v) is 7.04. The molecule has 2 aromatic rings. The third-order valence-electron chi connectivity index (χ3n) is 4.83. The highest BCUT2D eigenvalue weighted by atomic mass is 35.5. The van der Waals surface area contributed by atoms with Gasteiger partial charge in [-0.25, -0.2) is 0 Å². The molecule has 0 aliphatic carbocycles. The average Bonchev–Trinajstić information content (AvgIpc) is 2.99. The summed E-state index contributed by atoms with van der Waals surface area (Å²) in [6, 6.07) is 18.7. The molecule has 0 aromatic heterocycles. The fourth-order valence-corrected chi connectivity index (χ4v) is 3.52. The first-order valence-corrected chi connectivity index (χ1v) is 9.39. The molecule has 0 spiro atoms. The van der Waals surface area contributed by atoms with E-state index in [0.717, 1.165) is 43.9 Å². The molecule has 1 unspecified atom stereocenters. The second kappa shape index (κ2) is 9.02. The van der Waals surface area contributed by atoms with E-state index in [2.05, 4.69) is 34.5 Å². The van der Waals surface area contributed by atoms with E-state index in [0.29, 0.717) is 18.4 Å². The maximum atomic E-state index is 12.2. The van der Waals surface area contributed by atoms with Crippen molar-refractivity contribution in [2.45, 2.75) is 38.3 Å². The molecule has 1 fully saturated rings. The van der Waals surface area contributed by atoms with E-state index < -0.39 is 0 Å². The van der Waals surface area contributed by atoms with Crippen LogP contribution in [0.1, 0.15) is 30.4 Å². The first-order chi connectivity index (χ1) is 12.2. The minimum atomic E-state index is 0.304. The molecule has 1 aliphatic rings. The van der Waals surface area contributed by atoms with Crippen LogP contribution in [0.2, 0.25) is 5.02 Å². The monoisotopic (exact) mass is 356 g/mol. The molecule has 1 N–H and O–H groups in total. The summed E-state index contributed by atoms with van der Waals surface area (Å²) in [5.74, 6) is 0.304.